The smallest absolute Gasteiger partial charge is 0.244 e. The number of hydrogen-bond acceptors (Lipinski definition) is 6. The molecule has 1 unspecified atom stereocenters. The molecule has 1 aliphatic carbocycles. The molecule has 6 heteroatoms. The van der Waals surface area contributed by atoms with Crippen LogP contribution < -0.4 is 5.32 Å². The van der Waals surface area contributed by atoms with Crippen molar-refractivity contribution in [1.82, 2.24) is 15.5 Å². The summed E-state index contributed by atoms with van der Waals surface area (Å²) in [6, 6.07) is 0.251. The van der Waals surface area contributed by atoms with E-state index >= 15 is 0 Å². The lowest BCUT2D eigenvalue weighted by Crippen LogP contribution is -2.30. The number of hydrogen-bond donors (Lipinski definition) is 1. The largest absolute Gasteiger partial charge is 0.338 e. The second-order valence-corrected chi connectivity index (χ2v) is 7.29. The molecule has 1 aliphatic heterocycles. The fourth-order valence-corrected chi connectivity index (χ4v) is 4.53. The topological polar surface area (TPSA) is 51.0 Å². The van der Waals surface area contributed by atoms with Crippen molar-refractivity contribution in [3.05, 3.63) is 11.7 Å². The van der Waals surface area contributed by atoms with Crippen LogP contribution in [0.25, 0.3) is 0 Å². The Hall–Kier alpha value is -0.200. The second kappa shape index (κ2) is 6.30. The van der Waals surface area contributed by atoms with E-state index in [-0.39, 0.29) is 6.04 Å². The van der Waals surface area contributed by atoms with Crippen LogP contribution in [0.1, 0.15) is 43.4 Å². The Labute approximate surface area is 116 Å². The molecule has 4 nitrogen and oxygen atoms in total. The number of aromatic nitrogens is 2. The molecule has 18 heavy (non-hydrogen) atoms. The SMILES string of the molecule is C1CCC(SCc2noc(C3CSCCN3)n2)C1. The average Bonchev–Trinajstić information content (AvgIpc) is 3.09. The Morgan fingerprint density at radius 2 is 2.28 bits per heavy atom. The predicted molar refractivity (Wildman–Crippen MR) is 75.9 cm³/mol. The van der Waals surface area contributed by atoms with Crippen molar-refractivity contribution in [3.8, 4) is 0 Å². The quantitative estimate of drug-likeness (QED) is 0.918. The summed E-state index contributed by atoms with van der Waals surface area (Å²) in [6.45, 7) is 1.03. The number of nitrogens with zero attached hydrogens (tertiary/aromatic N) is 2. The van der Waals surface area contributed by atoms with Crippen LogP contribution in [-0.2, 0) is 5.75 Å². The molecular formula is C12H19N3OS2. The molecule has 2 aliphatic rings. The van der Waals surface area contributed by atoms with E-state index in [4.69, 9.17) is 4.52 Å². The molecule has 0 spiro atoms. The Morgan fingerprint density at radius 1 is 1.39 bits per heavy atom. The lowest BCUT2D eigenvalue weighted by Gasteiger charge is -2.19. The first-order valence-corrected chi connectivity index (χ1v) is 8.87. The summed E-state index contributed by atoms with van der Waals surface area (Å²) in [7, 11) is 0. The van der Waals surface area contributed by atoms with Crippen LogP contribution in [0.2, 0.25) is 0 Å². The molecular weight excluding hydrogens is 266 g/mol. The molecule has 1 atom stereocenters. The van der Waals surface area contributed by atoms with Gasteiger partial charge in [-0.3, -0.25) is 0 Å². The molecule has 100 valence electrons. The number of nitrogens with one attached hydrogen (secondary N) is 1. The van der Waals surface area contributed by atoms with E-state index < -0.39 is 0 Å². The van der Waals surface area contributed by atoms with Gasteiger partial charge in [0.05, 0.1) is 11.8 Å². The summed E-state index contributed by atoms with van der Waals surface area (Å²) in [5.41, 5.74) is 0. The third kappa shape index (κ3) is 3.22. The van der Waals surface area contributed by atoms with Crippen LogP contribution in [0.4, 0.5) is 0 Å². The van der Waals surface area contributed by atoms with Gasteiger partial charge in [-0.25, -0.2) is 0 Å². The van der Waals surface area contributed by atoms with Crippen molar-refractivity contribution in [3.63, 3.8) is 0 Å². The zero-order valence-corrected chi connectivity index (χ0v) is 12.1. The van der Waals surface area contributed by atoms with E-state index in [2.05, 4.69) is 15.5 Å². The lowest BCUT2D eigenvalue weighted by molar-refractivity contribution is 0.339. The Bertz CT molecular complexity index is 373. The molecule has 0 bridgehead atoms. The van der Waals surface area contributed by atoms with Crippen LogP contribution in [0.5, 0.6) is 0 Å². The number of thioether (sulfide) groups is 2. The highest BCUT2D eigenvalue weighted by Gasteiger charge is 2.22. The highest BCUT2D eigenvalue weighted by Crippen LogP contribution is 2.31. The van der Waals surface area contributed by atoms with Gasteiger partial charge in [-0.15, -0.1) is 0 Å². The molecule has 0 amide bonds. The van der Waals surface area contributed by atoms with Gasteiger partial charge >= 0.3 is 0 Å². The lowest BCUT2D eigenvalue weighted by atomic mass is 10.3. The molecule has 1 N–H and O–H groups in total. The zero-order valence-electron chi connectivity index (χ0n) is 10.4. The Kier molecular flexibility index (Phi) is 4.49. The maximum atomic E-state index is 5.37. The van der Waals surface area contributed by atoms with Gasteiger partial charge in [0.1, 0.15) is 0 Å². The van der Waals surface area contributed by atoms with Crippen LogP contribution in [0.15, 0.2) is 4.52 Å². The van der Waals surface area contributed by atoms with Crippen LogP contribution >= 0.6 is 23.5 Å². The van der Waals surface area contributed by atoms with Gasteiger partial charge in [0.2, 0.25) is 5.89 Å². The van der Waals surface area contributed by atoms with E-state index in [1.165, 1.54) is 31.4 Å². The Balaban J connectivity index is 1.52. The maximum absolute atomic E-state index is 5.37. The minimum Gasteiger partial charge on any atom is -0.338 e. The maximum Gasteiger partial charge on any atom is 0.244 e. The van der Waals surface area contributed by atoms with E-state index in [0.29, 0.717) is 0 Å². The van der Waals surface area contributed by atoms with Gasteiger partial charge in [-0.05, 0) is 12.8 Å². The monoisotopic (exact) mass is 285 g/mol. The third-order valence-electron chi connectivity index (χ3n) is 3.45. The van der Waals surface area contributed by atoms with Gasteiger partial charge in [0.15, 0.2) is 5.82 Å². The fraction of sp³-hybridized carbons (Fsp3) is 0.833. The van der Waals surface area contributed by atoms with E-state index in [1.807, 2.05) is 23.5 Å². The summed E-state index contributed by atoms with van der Waals surface area (Å²) >= 11 is 3.93. The van der Waals surface area contributed by atoms with Crippen molar-refractivity contribution < 1.29 is 4.52 Å². The number of rotatable bonds is 4. The van der Waals surface area contributed by atoms with Crippen LogP contribution in [0.3, 0.4) is 0 Å². The van der Waals surface area contributed by atoms with Crippen molar-refractivity contribution in [2.24, 2.45) is 0 Å². The van der Waals surface area contributed by atoms with E-state index in [9.17, 15) is 0 Å². The van der Waals surface area contributed by atoms with E-state index in [1.54, 1.807) is 0 Å². The first kappa shape index (κ1) is 12.8. The molecule has 2 fully saturated rings. The summed E-state index contributed by atoms with van der Waals surface area (Å²) in [6.07, 6.45) is 5.49. The molecule has 1 saturated carbocycles. The van der Waals surface area contributed by atoms with Crippen molar-refractivity contribution >= 4 is 23.5 Å². The Morgan fingerprint density at radius 3 is 3.06 bits per heavy atom. The van der Waals surface area contributed by atoms with Gasteiger partial charge < -0.3 is 9.84 Å². The molecule has 0 radical (unpaired) electrons. The summed E-state index contributed by atoms with van der Waals surface area (Å²) < 4.78 is 5.37. The van der Waals surface area contributed by atoms with Crippen LogP contribution in [0, 0.1) is 0 Å². The third-order valence-corrected chi connectivity index (χ3v) is 5.88. The van der Waals surface area contributed by atoms with Gasteiger partial charge in [-0.1, -0.05) is 18.0 Å². The van der Waals surface area contributed by atoms with Crippen molar-refractivity contribution in [2.45, 2.75) is 42.7 Å². The molecule has 3 rings (SSSR count). The zero-order chi connectivity index (χ0) is 12.2. The molecule has 1 aromatic heterocycles. The normalized spacial score (nSPS) is 25.7. The van der Waals surface area contributed by atoms with Gasteiger partial charge in [0, 0.05) is 23.3 Å². The highest BCUT2D eigenvalue weighted by atomic mass is 32.2. The summed E-state index contributed by atoms with van der Waals surface area (Å²) in [5.74, 6) is 4.74. The average molecular weight is 285 g/mol. The minimum absolute atomic E-state index is 0.251. The van der Waals surface area contributed by atoms with Crippen molar-refractivity contribution in [2.75, 3.05) is 18.1 Å². The fourth-order valence-electron chi connectivity index (χ4n) is 2.44. The highest BCUT2D eigenvalue weighted by molar-refractivity contribution is 7.99. The summed E-state index contributed by atoms with van der Waals surface area (Å²) in [4.78, 5) is 4.52. The standard InChI is InChI=1S/C12H19N3OS2/c1-2-4-9(3-1)18-8-11-14-12(16-15-11)10-7-17-6-5-13-10/h9-10,13H,1-8H2. The first-order valence-electron chi connectivity index (χ1n) is 6.67. The second-order valence-electron chi connectivity index (χ2n) is 4.85. The molecule has 0 aromatic carbocycles. The van der Waals surface area contributed by atoms with Crippen molar-refractivity contribution in [1.29, 1.82) is 0 Å². The molecule has 2 heterocycles. The minimum atomic E-state index is 0.251. The summed E-state index contributed by atoms with van der Waals surface area (Å²) in [5, 5.41) is 8.33. The van der Waals surface area contributed by atoms with E-state index in [0.717, 1.165) is 35.0 Å². The predicted octanol–water partition coefficient (Wildman–Crippen LogP) is 2.62. The van der Waals surface area contributed by atoms with Gasteiger partial charge in [-0.2, -0.15) is 28.5 Å². The van der Waals surface area contributed by atoms with Crippen LogP contribution in [-0.4, -0.2) is 33.4 Å². The molecule has 1 saturated heterocycles. The van der Waals surface area contributed by atoms with Gasteiger partial charge in [0.25, 0.3) is 0 Å². The first-order chi connectivity index (χ1) is 8.92. The molecule has 1 aromatic rings.